The minimum Gasteiger partial charge on any atom is -0.493 e. The Balaban J connectivity index is 0.00000235. The third kappa shape index (κ3) is 6.98. The molecule has 5 N–H and O–H groups in total. The second-order valence-corrected chi connectivity index (χ2v) is 8.18. The number of azo groups is 1. The number of aromatic nitrogens is 2. The SMILES string of the molecule is CCl.Cc1ccc[n+](-c2c(C)c(N=Nc3ccccc3C(=O)OCC(CO)(CO)CO)c(O)[nH]c2=O)c1. The maximum atomic E-state index is 12.7. The number of aryl methyl sites for hydroxylation is 1. The Kier molecular flexibility index (Phi) is 10.9. The van der Waals surface area contributed by atoms with Crippen molar-refractivity contribution in [3.63, 3.8) is 0 Å². The van der Waals surface area contributed by atoms with Crippen LogP contribution in [0.15, 0.2) is 63.8 Å². The zero-order chi connectivity index (χ0) is 27.6. The van der Waals surface area contributed by atoms with Crippen LogP contribution in [0, 0.1) is 19.3 Å². The summed E-state index contributed by atoms with van der Waals surface area (Å²) in [6, 6.07) is 9.82. The van der Waals surface area contributed by atoms with Gasteiger partial charge in [-0.2, -0.15) is 4.57 Å². The summed E-state index contributed by atoms with van der Waals surface area (Å²) < 4.78 is 6.80. The van der Waals surface area contributed by atoms with Crippen LogP contribution in [-0.2, 0) is 4.74 Å². The number of aromatic hydroxyl groups is 1. The fraction of sp³-hybridized carbons (Fsp3) is 0.320. The average molecular weight is 534 g/mol. The Hall–Kier alpha value is -3.64. The molecule has 0 saturated carbocycles. The zero-order valence-electron chi connectivity index (χ0n) is 20.7. The van der Waals surface area contributed by atoms with Crippen LogP contribution in [0.25, 0.3) is 5.69 Å². The van der Waals surface area contributed by atoms with Crippen LogP contribution in [0.2, 0.25) is 0 Å². The van der Waals surface area contributed by atoms with Gasteiger partial charge in [-0.1, -0.05) is 12.1 Å². The fourth-order valence-electron chi connectivity index (χ4n) is 3.27. The molecule has 1 aromatic carbocycles. The molecule has 0 bridgehead atoms. The number of ether oxygens (including phenoxy) is 1. The zero-order valence-corrected chi connectivity index (χ0v) is 21.4. The molecule has 0 radical (unpaired) electrons. The first-order chi connectivity index (χ1) is 17.7. The van der Waals surface area contributed by atoms with Crippen LogP contribution >= 0.6 is 11.6 Å². The van der Waals surface area contributed by atoms with Crippen LogP contribution in [0.1, 0.15) is 21.5 Å². The maximum absolute atomic E-state index is 12.7. The molecule has 0 fully saturated rings. The normalized spacial score (nSPS) is 11.2. The van der Waals surface area contributed by atoms with Gasteiger partial charge in [-0.15, -0.1) is 21.8 Å². The highest BCUT2D eigenvalue weighted by molar-refractivity contribution is 6.15. The standard InChI is InChI=1S/C24H26N4O7.CH3Cl/c1-15-6-5-9-28(10-15)20-16(2)19(21(32)25-22(20)33)27-26-18-8-4-3-7-17(18)23(34)35-14-24(11-29,12-30)13-31;1-2/h3-10,29-31H,11-14H2,1-2H3,(H-,25,26,32,33,34);1H3/p+1. The topological polar surface area (TPSA) is 169 Å². The first-order valence-electron chi connectivity index (χ1n) is 11.1. The van der Waals surface area contributed by atoms with Crippen LogP contribution in [0.3, 0.4) is 0 Å². The molecule has 0 spiro atoms. The number of hydrogen-bond donors (Lipinski definition) is 5. The van der Waals surface area contributed by atoms with Crippen LogP contribution in [0.5, 0.6) is 5.88 Å². The number of hydrogen-bond acceptors (Lipinski definition) is 9. The number of carbonyl (C=O) groups is 1. The monoisotopic (exact) mass is 533 g/mol. The van der Waals surface area contributed by atoms with Gasteiger partial charge in [0.05, 0.1) is 36.4 Å². The number of H-pyrrole nitrogens is 1. The maximum Gasteiger partial charge on any atom is 0.340 e. The number of nitrogens with one attached hydrogen (secondary N) is 1. The summed E-state index contributed by atoms with van der Waals surface area (Å²) >= 11 is 4.64. The van der Waals surface area contributed by atoms with E-state index >= 15 is 0 Å². The van der Waals surface area contributed by atoms with E-state index in [-0.39, 0.29) is 22.6 Å². The predicted molar refractivity (Wildman–Crippen MR) is 136 cm³/mol. The number of aromatic amines is 1. The number of alkyl halides is 1. The third-order valence-electron chi connectivity index (χ3n) is 5.49. The summed E-state index contributed by atoms with van der Waals surface area (Å²) in [7, 11) is 0. The van der Waals surface area contributed by atoms with Crippen molar-refractivity contribution in [2.24, 2.45) is 15.6 Å². The summed E-state index contributed by atoms with van der Waals surface area (Å²) in [5.74, 6) is -1.29. The highest BCUT2D eigenvalue weighted by atomic mass is 35.5. The van der Waals surface area contributed by atoms with E-state index < -0.39 is 49.3 Å². The van der Waals surface area contributed by atoms with Crippen molar-refractivity contribution >= 4 is 28.9 Å². The number of aliphatic hydroxyl groups excluding tert-OH is 3. The molecule has 3 rings (SSSR count). The minimum atomic E-state index is -1.38. The van der Waals surface area contributed by atoms with Crippen molar-refractivity contribution in [2.75, 3.05) is 32.8 Å². The van der Waals surface area contributed by atoms with E-state index in [1.54, 1.807) is 42.1 Å². The lowest BCUT2D eigenvalue weighted by molar-refractivity contribution is -0.597. The van der Waals surface area contributed by atoms with Crippen molar-refractivity contribution in [3.05, 3.63) is 75.8 Å². The van der Waals surface area contributed by atoms with Crippen molar-refractivity contribution in [1.29, 1.82) is 0 Å². The lowest BCUT2D eigenvalue weighted by Gasteiger charge is -2.26. The quantitative estimate of drug-likeness (QED) is 0.122. The molecule has 3 aromatic rings. The molecule has 2 heterocycles. The van der Waals surface area contributed by atoms with E-state index in [0.29, 0.717) is 5.56 Å². The Morgan fingerprint density at radius 3 is 2.32 bits per heavy atom. The Bertz CT molecular complexity index is 1300. The van der Waals surface area contributed by atoms with Crippen molar-refractivity contribution in [3.8, 4) is 11.6 Å². The molecule has 0 aliphatic rings. The summed E-state index contributed by atoms with van der Waals surface area (Å²) in [5.41, 5.74) is -0.193. The number of esters is 1. The summed E-state index contributed by atoms with van der Waals surface area (Å²) in [5, 5.41) is 46.8. The molecule has 0 unspecified atom stereocenters. The third-order valence-corrected chi connectivity index (χ3v) is 5.49. The molecule has 0 atom stereocenters. The van der Waals surface area contributed by atoms with Gasteiger partial charge in [0.2, 0.25) is 5.88 Å². The van der Waals surface area contributed by atoms with Crippen LogP contribution < -0.4 is 10.1 Å². The lowest BCUT2D eigenvalue weighted by atomic mass is 9.92. The molecule has 0 saturated heterocycles. The van der Waals surface area contributed by atoms with Crippen molar-refractivity contribution in [1.82, 2.24) is 4.98 Å². The van der Waals surface area contributed by atoms with Crippen molar-refractivity contribution in [2.45, 2.75) is 13.8 Å². The van der Waals surface area contributed by atoms with Crippen LogP contribution in [0.4, 0.5) is 11.4 Å². The second-order valence-electron chi connectivity index (χ2n) is 8.18. The smallest absolute Gasteiger partial charge is 0.340 e. The largest absolute Gasteiger partial charge is 0.493 e. The van der Waals surface area contributed by atoms with E-state index in [9.17, 15) is 30.0 Å². The number of aliphatic hydroxyl groups is 3. The Labute approximate surface area is 218 Å². The summed E-state index contributed by atoms with van der Waals surface area (Å²) in [6.07, 6.45) is 4.92. The predicted octanol–water partition coefficient (Wildman–Crippen LogP) is 2.36. The van der Waals surface area contributed by atoms with Gasteiger partial charge in [-0.25, -0.2) is 4.79 Å². The van der Waals surface area contributed by atoms with Crippen LogP contribution in [-0.4, -0.2) is 64.2 Å². The number of carbonyl (C=O) groups excluding carboxylic acids is 1. The van der Waals surface area contributed by atoms with E-state index in [4.69, 9.17) is 4.74 Å². The van der Waals surface area contributed by atoms with Gasteiger partial charge in [0, 0.05) is 18.0 Å². The lowest BCUT2D eigenvalue weighted by Crippen LogP contribution is -2.39. The molecule has 0 aliphatic heterocycles. The van der Waals surface area contributed by atoms with Gasteiger partial charge in [0.15, 0.2) is 18.1 Å². The van der Waals surface area contributed by atoms with Gasteiger partial charge < -0.3 is 25.2 Å². The second kappa shape index (κ2) is 13.6. The molecule has 198 valence electrons. The number of rotatable bonds is 9. The van der Waals surface area contributed by atoms with Gasteiger partial charge in [-0.05, 0) is 32.0 Å². The molecule has 2 aromatic heterocycles. The fourth-order valence-corrected chi connectivity index (χ4v) is 3.27. The number of benzene rings is 1. The van der Waals surface area contributed by atoms with Gasteiger partial charge in [0.1, 0.15) is 12.3 Å². The molecule has 0 aliphatic carbocycles. The molecule has 12 heteroatoms. The summed E-state index contributed by atoms with van der Waals surface area (Å²) in [4.78, 5) is 27.6. The Morgan fingerprint density at radius 1 is 1.05 bits per heavy atom. The first-order valence-corrected chi connectivity index (χ1v) is 11.8. The highest BCUT2D eigenvalue weighted by Crippen LogP contribution is 2.31. The molecular formula is C25H30ClN4O7+. The number of halogens is 1. The Morgan fingerprint density at radius 2 is 1.70 bits per heavy atom. The van der Waals surface area contributed by atoms with E-state index in [1.807, 2.05) is 13.0 Å². The molecule has 37 heavy (non-hydrogen) atoms. The van der Waals surface area contributed by atoms with E-state index in [2.05, 4.69) is 26.8 Å². The van der Waals surface area contributed by atoms with Gasteiger partial charge in [0.25, 0.3) is 5.69 Å². The van der Waals surface area contributed by atoms with Gasteiger partial charge in [-0.3, -0.25) is 9.78 Å². The minimum absolute atomic E-state index is 0.0108. The average Bonchev–Trinajstić information content (AvgIpc) is 2.91. The molecule has 11 nitrogen and oxygen atoms in total. The number of pyridine rings is 2. The summed E-state index contributed by atoms with van der Waals surface area (Å²) in [6.45, 7) is 1.33. The first kappa shape index (κ1) is 29.6. The van der Waals surface area contributed by atoms with E-state index in [0.717, 1.165) is 5.56 Å². The molecule has 0 amide bonds. The molecular weight excluding hydrogens is 504 g/mol. The van der Waals surface area contributed by atoms with E-state index in [1.165, 1.54) is 18.5 Å². The van der Waals surface area contributed by atoms with Crippen molar-refractivity contribution < 1.29 is 34.5 Å². The van der Waals surface area contributed by atoms with Gasteiger partial charge >= 0.3 is 11.5 Å². The number of nitrogens with zero attached hydrogens (tertiary/aromatic N) is 3. The highest BCUT2D eigenvalue weighted by Gasteiger charge is 2.30.